The molecule has 1 aliphatic heterocycles. The summed E-state index contributed by atoms with van der Waals surface area (Å²) in [5.74, 6) is 1.57. The molecule has 2 aromatic carbocycles. The number of anilines is 5. The average molecular weight is 433 g/mol. The van der Waals surface area contributed by atoms with E-state index >= 15 is 0 Å². The minimum absolute atomic E-state index is 0. The lowest BCUT2D eigenvalue weighted by atomic mass is 10.2. The highest BCUT2D eigenvalue weighted by molar-refractivity contribution is 6.30. The van der Waals surface area contributed by atoms with Gasteiger partial charge in [0.2, 0.25) is 17.8 Å². The van der Waals surface area contributed by atoms with E-state index in [1.54, 1.807) is 0 Å². The highest BCUT2D eigenvalue weighted by Crippen LogP contribution is 2.22. The van der Waals surface area contributed by atoms with Gasteiger partial charge in [-0.15, -0.1) is 12.4 Å². The molecule has 29 heavy (non-hydrogen) atoms. The second-order valence-electron chi connectivity index (χ2n) is 6.51. The maximum atomic E-state index is 5.97. The molecular weight excluding hydrogens is 411 g/mol. The van der Waals surface area contributed by atoms with Gasteiger partial charge >= 0.3 is 0 Å². The molecule has 152 valence electrons. The molecule has 0 aliphatic carbocycles. The number of nitrogens with zero attached hydrogens (tertiary/aromatic N) is 4. The van der Waals surface area contributed by atoms with Crippen molar-refractivity contribution >= 4 is 53.2 Å². The minimum Gasteiger partial charge on any atom is -0.378 e. The van der Waals surface area contributed by atoms with Gasteiger partial charge in [-0.3, -0.25) is 0 Å². The number of ether oxygens (including phenoxy) is 1. The summed E-state index contributed by atoms with van der Waals surface area (Å²) in [5, 5.41) is 7.19. The van der Waals surface area contributed by atoms with Crippen molar-refractivity contribution in [2.75, 3.05) is 41.8 Å². The van der Waals surface area contributed by atoms with E-state index in [2.05, 4.69) is 30.5 Å². The van der Waals surface area contributed by atoms with E-state index in [0.29, 0.717) is 36.1 Å². The molecule has 9 heteroatoms. The number of morpholine rings is 1. The third-order valence-electron chi connectivity index (χ3n) is 4.29. The zero-order chi connectivity index (χ0) is 19.3. The molecule has 0 saturated carbocycles. The van der Waals surface area contributed by atoms with Crippen LogP contribution in [0.2, 0.25) is 5.02 Å². The molecule has 1 aliphatic rings. The van der Waals surface area contributed by atoms with Crippen molar-refractivity contribution in [1.82, 2.24) is 15.0 Å². The molecule has 0 amide bonds. The predicted molar refractivity (Wildman–Crippen MR) is 119 cm³/mol. The van der Waals surface area contributed by atoms with E-state index in [1.165, 1.54) is 0 Å². The Labute approximate surface area is 180 Å². The Hall–Kier alpha value is -2.61. The summed E-state index contributed by atoms with van der Waals surface area (Å²) in [6, 6.07) is 15.5. The maximum absolute atomic E-state index is 5.97. The molecular formula is C20H22Cl2N6O. The summed E-state index contributed by atoms with van der Waals surface area (Å²) in [6.45, 7) is 4.85. The normalized spacial score (nSPS) is 13.5. The molecule has 1 fully saturated rings. The van der Waals surface area contributed by atoms with Crippen LogP contribution in [0.15, 0.2) is 48.5 Å². The molecule has 2 N–H and O–H groups in total. The van der Waals surface area contributed by atoms with E-state index in [-0.39, 0.29) is 12.4 Å². The van der Waals surface area contributed by atoms with E-state index in [9.17, 15) is 0 Å². The van der Waals surface area contributed by atoms with E-state index in [4.69, 9.17) is 16.3 Å². The van der Waals surface area contributed by atoms with Crippen molar-refractivity contribution in [2.24, 2.45) is 0 Å². The number of nitrogens with one attached hydrogen (secondary N) is 2. The summed E-state index contributed by atoms with van der Waals surface area (Å²) in [7, 11) is 0. The molecule has 1 aromatic heterocycles. The van der Waals surface area contributed by atoms with Gasteiger partial charge in [0, 0.05) is 29.5 Å². The standard InChI is InChI=1S/C20H21ClN6O.ClH/c1-14-3-2-4-17(13-14)23-19-24-18(22-16-7-5-15(21)6-8-16)25-20(26-19)27-9-11-28-12-10-27;/h2-8,13H,9-12H2,1H3,(H2,22,23,24,25,26);1H. The Morgan fingerprint density at radius 2 is 1.55 bits per heavy atom. The summed E-state index contributed by atoms with van der Waals surface area (Å²) in [5.41, 5.74) is 2.94. The molecule has 3 aromatic rings. The Bertz CT molecular complexity index is 948. The summed E-state index contributed by atoms with van der Waals surface area (Å²) < 4.78 is 5.44. The third-order valence-corrected chi connectivity index (χ3v) is 4.54. The fourth-order valence-electron chi connectivity index (χ4n) is 2.90. The molecule has 4 rings (SSSR count). The van der Waals surface area contributed by atoms with Crippen LogP contribution < -0.4 is 15.5 Å². The highest BCUT2D eigenvalue weighted by Gasteiger charge is 2.17. The zero-order valence-corrected chi connectivity index (χ0v) is 17.5. The first-order chi connectivity index (χ1) is 13.7. The molecule has 0 unspecified atom stereocenters. The van der Waals surface area contributed by atoms with Gasteiger partial charge in [-0.25, -0.2) is 0 Å². The fraction of sp³-hybridized carbons (Fsp3) is 0.250. The van der Waals surface area contributed by atoms with Crippen LogP contribution in [0.1, 0.15) is 5.56 Å². The number of hydrogen-bond donors (Lipinski definition) is 2. The van der Waals surface area contributed by atoms with Crippen LogP contribution in [-0.2, 0) is 4.74 Å². The maximum Gasteiger partial charge on any atom is 0.233 e. The number of hydrogen-bond acceptors (Lipinski definition) is 7. The lowest BCUT2D eigenvalue weighted by Gasteiger charge is -2.27. The van der Waals surface area contributed by atoms with Crippen molar-refractivity contribution in [3.63, 3.8) is 0 Å². The van der Waals surface area contributed by atoms with E-state index in [1.807, 2.05) is 55.5 Å². The van der Waals surface area contributed by atoms with Crippen molar-refractivity contribution in [1.29, 1.82) is 0 Å². The molecule has 0 spiro atoms. The Kier molecular flexibility index (Phi) is 7.09. The number of aromatic nitrogens is 3. The summed E-state index contributed by atoms with van der Waals surface area (Å²) in [4.78, 5) is 15.8. The third kappa shape index (κ3) is 5.69. The van der Waals surface area contributed by atoms with Crippen LogP contribution in [0.5, 0.6) is 0 Å². The van der Waals surface area contributed by atoms with Crippen LogP contribution in [0.4, 0.5) is 29.2 Å². The first-order valence-electron chi connectivity index (χ1n) is 9.11. The average Bonchev–Trinajstić information content (AvgIpc) is 2.70. The second kappa shape index (κ2) is 9.73. The molecule has 2 heterocycles. The molecule has 7 nitrogen and oxygen atoms in total. The SMILES string of the molecule is Cc1cccc(Nc2nc(Nc3ccc(Cl)cc3)nc(N3CCOCC3)n2)c1.Cl. The lowest BCUT2D eigenvalue weighted by molar-refractivity contribution is 0.122. The van der Waals surface area contributed by atoms with Crippen molar-refractivity contribution in [3.8, 4) is 0 Å². The Balaban J connectivity index is 0.00000240. The molecule has 0 radical (unpaired) electrons. The van der Waals surface area contributed by atoms with E-state index in [0.717, 1.165) is 30.0 Å². The highest BCUT2D eigenvalue weighted by atomic mass is 35.5. The largest absolute Gasteiger partial charge is 0.378 e. The van der Waals surface area contributed by atoms with Gasteiger partial charge in [0.15, 0.2) is 0 Å². The van der Waals surface area contributed by atoms with Gasteiger partial charge < -0.3 is 20.3 Å². The van der Waals surface area contributed by atoms with Crippen LogP contribution in [0, 0.1) is 6.92 Å². The van der Waals surface area contributed by atoms with Crippen molar-refractivity contribution < 1.29 is 4.74 Å². The first-order valence-corrected chi connectivity index (χ1v) is 9.48. The number of aryl methyl sites for hydroxylation is 1. The van der Waals surface area contributed by atoms with E-state index < -0.39 is 0 Å². The van der Waals surface area contributed by atoms with Crippen LogP contribution >= 0.6 is 24.0 Å². The lowest BCUT2D eigenvalue weighted by Crippen LogP contribution is -2.37. The van der Waals surface area contributed by atoms with Crippen LogP contribution in [0.3, 0.4) is 0 Å². The molecule has 0 bridgehead atoms. The van der Waals surface area contributed by atoms with Crippen molar-refractivity contribution in [3.05, 3.63) is 59.1 Å². The smallest absolute Gasteiger partial charge is 0.233 e. The van der Waals surface area contributed by atoms with Crippen LogP contribution in [-0.4, -0.2) is 41.3 Å². The Morgan fingerprint density at radius 1 is 0.897 bits per heavy atom. The molecule has 0 atom stereocenters. The van der Waals surface area contributed by atoms with Crippen molar-refractivity contribution in [2.45, 2.75) is 6.92 Å². The van der Waals surface area contributed by atoms with Gasteiger partial charge in [0.05, 0.1) is 13.2 Å². The first kappa shape index (κ1) is 21.1. The number of rotatable bonds is 5. The molecule has 1 saturated heterocycles. The van der Waals surface area contributed by atoms with Gasteiger partial charge in [-0.2, -0.15) is 15.0 Å². The zero-order valence-electron chi connectivity index (χ0n) is 15.9. The van der Waals surface area contributed by atoms with Gasteiger partial charge in [-0.05, 0) is 48.9 Å². The summed E-state index contributed by atoms with van der Waals surface area (Å²) in [6.07, 6.45) is 0. The summed E-state index contributed by atoms with van der Waals surface area (Å²) >= 11 is 5.97. The fourth-order valence-corrected chi connectivity index (χ4v) is 3.02. The Morgan fingerprint density at radius 3 is 2.21 bits per heavy atom. The monoisotopic (exact) mass is 432 g/mol. The topological polar surface area (TPSA) is 75.2 Å². The van der Waals surface area contributed by atoms with Gasteiger partial charge in [-0.1, -0.05) is 23.7 Å². The van der Waals surface area contributed by atoms with Crippen LogP contribution in [0.25, 0.3) is 0 Å². The van der Waals surface area contributed by atoms with Gasteiger partial charge in [0.1, 0.15) is 0 Å². The quantitative estimate of drug-likeness (QED) is 0.610. The number of halogens is 2. The minimum atomic E-state index is 0. The van der Waals surface area contributed by atoms with Gasteiger partial charge in [0.25, 0.3) is 0 Å². The second-order valence-corrected chi connectivity index (χ2v) is 6.94. The predicted octanol–water partition coefficient (Wildman–Crippen LogP) is 4.58. The number of benzene rings is 2.